The lowest BCUT2D eigenvalue weighted by atomic mass is 10.3. The number of carbonyl (C=O) groups is 2. The minimum atomic E-state index is -1.20. The SMILES string of the molecule is CCCCCCl.COC(=O)/C=C(/Br)C(=O)O. The Kier molecular flexibility index (Phi) is 14.0. The second-order valence-electron chi connectivity index (χ2n) is 2.72. The van der Waals surface area contributed by atoms with Crippen LogP contribution in [0.4, 0.5) is 0 Å². The number of halogens is 2. The largest absolute Gasteiger partial charge is 0.477 e. The molecule has 0 saturated heterocycles. The van der Waals surface area contributed by atoms with Crippen molar-refractivity contribution in [2.45, 2.75) is 26.2 Å². The second-order valence-corrected chi connectivity index (χ2v) is 3.95. The van der Waals surface area contributed by atoms with Gasteiger partial charge in [-0.2, -0.15) is 0 Å². The highest BCUT2D eigenvalue weighted by Crippen LogP contribution is 2.03. The Labute approximate surface area is 109 Å². The molecule has 0 radical (unpaired) electrons. The minimum Gasteiger partial charge on any atom is -0.477 e. The molecule has 1 N–H and O–H groups in total. The maximum atomic E-state index is 10.3. The molecule has 0 fully saturated rings. The first kappa shape index (κ1) is 17.8. The molecule has 0 rings (SSSR count). The standard InChI is InChI=1S/C5H5BrO4.C5H11Cl/c1-10-4(7)2-3(6)5(8)9;1-2-3-4-5-6/h2H,1H3,(H,8,9);2-5H2,1H3/b3-2+;. The zero-order valence-electron chi connectivity index (χ0n) is 9.33. The summed E-state index contributed by atoms with van der Waals surface area (Å²) in [6.45, 7) is 2.17. The van der Waals surface area contributed by atoms with Gasteiger partial charge in [0.25, 0.3) is 0 Å². The van der Waals surface area contributed by atoms with Crippen LogP contribution in [0.1, 0.15) is 26.2 Å². The monoisotopic (exact) mass is 314 g/mol. The van der Waals surface area contributed by atoms with Crippen molar-refractivity contribution in [3.05, 3.63) is 10.6 Å². The topological polar surface area (TPSA) is 63.6 Å². The molecule has 0 heterocycles. The molecular weight excluding hydrogens is 299 g/mol. The average Bonchev–Trinajstić information content (AvgIpc) is 2.26. The highest BCUT2D eigenvalue weighted by molar-refractivity contribution is 9.12. The molecule has 0 bridgehead atoms. The van der Waals surface area contributed by atoms with Crippen molar-refractivity contribution >= 4 is 39.5 Å². The molecule has 0 saturated carbocycles. The van der Waals surface area contributed by atoms with Crippen LogP contribution in [-0.2, 0) is 14.3 Å². The quantitative estimate of drug-likeness (QED) is 0.367. The molecule has 0 atom stereocenters. The van der Waals surface area contributed by atoms with Gasteiger partial charge < -0.3 is 9.84 Å². The molecule has 0 aromatic carbocycles. The van der Waals surface area contributed by atoms with E-state index in [-0.39, 0.29) is 4.48 Å². The summed E-state index contributed by atoms with van der Waals surface area (Å²) >= 11 is 8.02. The van der Waals surface area contributed by atoms with Gasteiger partial charge >= 0.3 is 11.9 Å². The van der Waals surface area contributed by atoms with Crippen LogP contribution in [0.25, 0.3) is 0 Å². The van der Waals surface area contributed by atoms with Crippen molar-refractivity contribution < 1.29 is 19.4 Å². The molecule has 0 aromatic heterocycles. The Morgan fingerprint density at radius 3 is 2.25 bits per heavy atom. The number of aliphatic carboxylic acids is 1. The van der Waals surface area contributed by atoms with Gasteiger partial charge in [0, 0.05) is 12.0 Å². The third kappa shape index (κ3) is 13.4. The molecule has 0 aliphatic rings. The lowest BCUT2D eigenvalue weighted by Gasteiger charge is -1.90. The van der Waals surface area contributed by atoms with E-state index in [4.69, 9.17) is 16.7 Å². The van der Waals surface area contributed by atoms with E-state index < -0.39 is 11.9 Å². The number of hydrogen-bond donors (Lipinski definition) is 1. The minimum absolute atomic E-state index is 0.223. The summed E-state index contributed by atoms with van der Waals surface area (Å²) in [5.41, 5.74) is 0. The molecule has 0 aliphatic heterocycles. The summed E-state index contributed by atoms with van der Waals surface area (Å²) in [5, 5.41) is 8.20. The number of hydrogen-bond acceptors (Lipinski definition) is 3. The fraction of sp³-hybridized carbons (Fsp3) is 0.600. The number of unbranched alkanes of at least 4 members (excludes halogenated alkanes) is 2. The van der Waals surface area contributed by atoms with Crippen LogP contribution in [0.3, 0.4) is 0 Å². The first-order valence-corrected chi connectivity index (χ1v) is 6.06. The first-order valence-electron chi connectivity index (χ1n) is 4.73. The predicted octanol–water partition coefficient (Wildman–Crippen LogP) is 2.94. The molecule has 0 aromatic rings. The highest BCUT2D eigenvalue weighted by Gasteiger charge is 2.04. The number of methoxy groups -OCH3 is 1. The average molecular weight is 316 g/mol. The van der Waals surface area contributed by atoms with Gasteiger partial charge in [-0.05, 0) is 22.4 Å². The van der Waals surface area contributed by atoms with Crippen LogP contribution in [0, 0.1) is 0 Å². The molecule has 0 amide bonds. The third-order valence-electron chi connectivity index (χ3n) is 1.39. The fourth-order valence-corrected chi connectivity index (χ4v) is 0.945. The Bertz CT molecular complexity index is 237. The highest BCUT2D eigenvalue weighted by atomic mass is 79.9. The summed E-state index contributed by atoms with van der Waals surface area (Å²) < 4.78 is 3.94. The number of carboxylic acids is 1. The maximum Gasteiger partial charge on any atom is 0.343 e. The van der Waals surface area contributed by atoms with Crippen LogP contribution in [0.2, 0.25) is 0 Å². The van der Waals surface area contributed by atoms with Gasteiger partial charge in [-0.25, -0.2) is 9.59 Å². The van der Waals surface area contributed by atoms with Crippen LogP contribution in [-0.4, -0.2) is 30.0 Å². The van der Waals surface area contributed by atoms with E-state index in [1.54, 1.807) is 0 Å². The summed E-state index contributed by atoms with van der Waals surface area (Å²) in [6, 6.07) is 0. The number of esters is 1. The Morgan fingerprint density at radius 1 is 1.44 bits per heavy atom. The van der Waals surface area contributed by atoms with E-state index in [1.807, 2.05) is 0 Å². The van der Waals surface area contributed by atoms with Crippen molar-refractivity contribution in [3.63, 3.8) is 0 Å². The molecule has 0 unspecified atom stereocenters. The summed E-state index contributed by atoms with van der Waals surface area (Å²) in [7, 11) is 1.17. The van der Waals surface area contributed by atoms with Gasteiger partial charge in [0.1, 0.15) is 4.48 Å². The summed E-state index contributed by atoms with van der Waals surface area (Å²) in [4.78, 5) is 20.4. The lowest BCUT2D eigenvalue weighted by Crippen LogP contribution is -2.00. The van der Waals surface area contributed by atoms with Crippen LogP contribution < -0.4 is 0 Å². The number of alkyl halides is 1. The van der Waals surface area contributed by atoms with Crippen LogP contribution >= 0.6 is 27.5 Å². The van der Waals surface area contributed by atoms with Crippen molar-refractivity contribution in [1.82, 2.24) is 0 Å². The fourth-order valence-electron chi connectivity index (χ4n) is 0.569. The second kappa shape index (κ2) is 12.5. The molecule has 0 spiro atoms. The van der Waals surface area contributed by atoms with E-state index in [2.05, 4.69) is 27.6 Å². The zero-order valence-corrected chi connectivity index (χ0v) is 11.7. The van der Waals surface area contributed by atoms with E-state index in [0.29, 0.717) is 0 Å². The van der Waals surface area contributed by atoms with Gasteiger partial charge in [0.15, 0.2) is 0 Å². The van der Waals surface area contributed by atoms with Gasteiger partial charge in [-0.1, -0.05) is 19.8 Å². The van der Waals surface area contributed by atoms with Gasteiger partial charge in [-0.3, -0.25) is 0 Å². The van der Waals surface area contributed by atoms with Crippen molar-refractivity contribution in [1.29, 1.82) is 0 Å². The maximum absolute atomic E-state index is 10.3. The number of ether oxygens (including phenoxy) is 1. The predicted molar refractivity (Wildman–Crippen MR) is 66.9 cm³/mol. The third-order valence-corrected chi connectivity index (χ3v) is 2.22. The number of carboxylic acid groups (broad SMARTS) is 1. The Balaban J connectivity index is 0. The molecular formula is C10H16BrClO4. The first-order chi connectivity index (χ1) is 7.49. The Morgan fingerprint density at radius 2 is 2.00 bits per heavy atom. The summed E-state index contributed by atoms with van der Waals surface area (Å²) in [6.07, 6.45) is 4.57. The van der Waals surface area contributed by atoms with E-state index in [0.717, 1.165) is 12.0 Å². The van der Waals surface area contributed by atoms with Crippen molar-refractivity contribution in [3.8, 4) is 0 Å². The van der Waals surface area contributed by atoms with Gasteiger partial charge in [0.2, 0.25) is 0 Å². The van der Waals surface area contributed by atoms with Gasteiger partial charge in [-0.15, -0.1) is 11.6 Å². The Hall–Kier alpha value is -0.550. The molecule has 94 valence electrons. The van der Waals surface area contributed by atoms with Gasteiger partial charge in [0.05, 0.1) is 7.11 Å². The number of rotatable bonds is 5. The lowest BCUT2D eigenvalue weighted by molar-refractivity contribution is -0.136. The molecule has 16 heavy (non-hydrogen) atoms. The van der Waals surface area contributed by atoms with Crippen LogP contribution in [0.15, 0.2) is 10.6 Å². The normalized spacial score (nSPS) is 10.1. The van der Waals surface area contributed by atoms with E-state index >= 15 is 0 Å². The van der Waals surface area contributed by atoms with Crippen molar-refractivity contribution in [2.24, 2.45) is 0 Å². The van der Waals surface area contributed by atoms with E-state index in [1.165, 1.54) is 26.4 Å². The van der Waals surface area contributed by atoms with Crippen molar-refractivity contribution in [2.75, 3.05) is 13.0 Å². The number of carbonyl (C=O) groups excluding carboxylic acids is 1. The zero-order chi connectivity index (χ0) is 13.0. The molecule has 6 heteroatoms. The molecule has 4 nitrogen and oxygen atoms in total. The van der Waals surface area contributed by atoms with Crippen LogP contribution in [0.5, 0.6) is 0 Å². The van der Waals surface area contributed by atoms with E-state index in [9.17, 15) is 9.59 Å². The summed E-state index contributed by atoms with van der Waals surface area (Å²) in [5.74, 6) is -1.08. The molecule has 0 aliphatic carbocycles. The smallest absolute Gasteiger partial charge is 0.343 e.